The number of alkyl halides is 3. The van der Waals surface area contributed by atoms with Crippen molar-refractivity contribution >= 4 is 46.6 Å². The minimum absolute atomic E-state index is 0.235. The number of hydrogen-bond donors (Lipinski definition) is 0. The van der Waals surface area contributed by atoms with Crippen LogP contribution in [0.4, 0.5) is 0 Å². The second-order valence-corrected chi connectivity index (χ2v) is 10.1. The van der Waals surface area contributed by atoms with Gasteiger partial charge in [0.25, 0.3) is 0 Å². The quantitative estimate of drug-likeness (QED) is 0.500. The lowest BCUT2D eigenvalue weighted by molar-refractivity contribution is 0.174. The molecular weight excluding hydrogens is 461 g/mol. The predicted molar refractivity (Wildman–Crippen MR) is 123 cm³/mol. The first kappa shape index (κ1) is 20.9. The highest BCUT2D eigenvalue weighted by atomic mass is 35.6. The highest BCUT2D eigenvalue weighted by Gasteiger charge is 2.46. The predicted octanol–water partition coefficient (Wildman–Crippen LogP) is 5.99. The zero-order valence-corrected chi connectivity index (χ0v) is 19.5. The average molecular weight is 483 g/mol. The van der Waals surface area contributed by atoms with Gasteiger partial charge in [0.2, 0.25) is 10.6 Å². The molecule has 0 aliphatic carbocycles. The van der Waals surface area contributed by atoms with Crippen LogP contribution in [0.3, 0.4) is 0 Å². The molecule has 5 nitrogen and oxygen atoms in total. The first-order chi connectivity index (χ1) is 14.9. The summed E-state index contributed by atoms with van der Waals surface area (Å²) in [5.41, 5.74) is 5.03. The van der Waals surface area contributed by atoms with Gasteiger partial charge in [-0.25, -0.2) is 0 Å². The Morgan fingerprint density at radius 1 is 1.16 bits per heavy atom. The fourth-order valence-corrected chi connectivity index (χ4v) is 5.21. The fourth-order valence-electron chi connectivity index (χ4n) is 4.53. The standard InChI is InChI=1S/C23H22Cl3NO4/c1-3-8-29-21-17(28-2)5-4-14-9-16-15-11-19-18(30-12-31-19)10-13(15)6-7-27(16)22(20(14)21)23(24,25)26/h4-5,9-11,22H,3,6-8,12H2,1-2H3. The lowest BCUT2D eigenvalue weighted by atomic mass is 9.86. The summed E-state index contributed by atoms with van der Waals surface area (Å²) in [5, 5.41) is 0. The van der Waals surface area contributed by atoms with Crippen LogP contribution < -0.4 is 18.9 Å². The molecule has 0 aromatic heterocycles. The maximum absolute atomic E-state index is 6.60. The Bertz CT molecular complexity index is 1060. The summed E-state index contributed by atoms with van der Waals surface area (Å²) in [7, 11) is 1.62. The largest absolute Gasteiger partial charge is 0.493 e. The van der Waals surface area contributed by atoms with Gasteiger partial charge in [-0.2, -0.15) is 0 Å². The molecule has 3 aliphatic rings. The fraction of sp³-hybridized carbons (Fsp3) is 0.391. The lowest BCUT2D eigenvalue weighted by Crippen LogP contribution is -2.41. The molecule has 0 saturated heterocycles. The highest BCUT2D eigenvalue weighted by molar-refractivity contribution is 6.68. The van der Waals surface area contributed by atoms with Crippen LogP contribution >= 0.6 is 34.8 Å². The molecule has 0 saturated carbocycles. The Morgan fingerprint density at radius 3 is 2.65 bits per heavy atom. The second-order valence-electron chi connectivity index (χ2n) is 7.73. The molecule has 0 spiro atoms. The van der Waals surface area contributed by atoms with Gasteiger partial charge in [0.05, 0.1) is 13.7 Å². The van der Waals surface area contributed by atoms with Crippen LogP contribution in [-0.4, -0.2) is 35.7 Å². The van der Waals surface area contributed by atoms with Gasteiger partial charge >= 0.3 is 0 Å². The van der Waals surface area contributed by atoms with Crippen molar-refractivity contribution < 1.29 is 18.9 Å². The van der Waals surface area contributed by atoms with E-state index >= 15 is 0 Å². The Morgan fingerprint density at radius 2 is 1.94 bits per heavy atom. The van der Waals surface area contributed by atoms with Crippen LogP contribution in [0.2, 0.25) is 0 Å². The first-order valence-electron chi connectivity index (χ1n) is 10.2. The summed E-state index contributed by atoms with van der Waals surface area (Å²) in [6, 6.07) is 7.43. The molecule has 0 fully saturated rings. The van der Waals surface area contributed by atoms with Crippen LogP contribution in [0, 0.1) is 0 Å². The Balaban J connectivity index is 1.72. The van der Waals surface area contributed by atoms with E-state index in [2.05, 4.69) is 24.0 Å². The third kappa shape index (κ3) is 3.47. The van der Waals surface area contributed by atoms with E-state index in [0.29, 0.717) is 24.7 Å². The number of nitrogens with zero attached hydrogens (tertiary/aromatic N) is 1. The van der Waals surface area contributed by atoms with Crippen molar-refractivity contribution in [1.82, 2.24) is 4.90 Å². The van der Waals surface area contributed by atoms with Gasteiger partial charge in [0.15, 0.2) is 23.0 Å². The molecule has 0 N–H and O–H groups in total. The van der Waals surface area contributed by atoms with Crippen molar-refractivity contribution in [2.45, 2.75) is 29.6 Å². The number of fused-ring (bicyclic) bond motifs is 5. The van der Waals surface area contributed by atoms with E-state index in [9.17, 15) is 0 Å². The van der Waals surface area contributed by atoms with Crippen molar-refractivity contribution in [3.63, 3.8) is 0 Å². The lowest BCUT2D eigenvalue weighted by Gasteiger charge is -2.45. The Hall–Kier alpha value is -1.95. The zero-order chi connectivity index (χ0) is 21.8. The van der Waals surface area contributed by atoms with E-state index in [-0.39, 0.29) is 6.79 Å². The molecule has 1 unspecified atom stereocenters. The second kappa shape index (κ2) is 7.88. The topological polar surface area (TPSA) is 40.2 Å². The molecule has 3 aliphatic heterocycles. The van der Waals surface area contributed by atoms with Crippen molar-refractivity contribution in [1.29, 1.82) is 0 Å². The summed E-state index contributed by atoms with van der Waals surface area (Å²) in [6.45, 7) is 3.53. The molecule has 2 aromatic rings. The number of benzene rings is 2. The molecule has 0 radical (unpaired) electrons. The number of rotatable bonds is 4. The minimum atomic E-state index is -1.58. The van der Waals surface area contributed by atoms with E-state index in [4.69, 9.17) is 53.8 Å². The van der Waals surface area contributed by atoms with Crippen molar-refractivity contribution in [2.75, 3.05) is 27.1 Å². The number of methoxy groups -OCH3 is 1. The molecule has 164 valence electrons. The molecule has 0 bridgehead atoms. The van der Waals surface area contributed by atoms with E-state index in [1.165, 1.54) is 5.56 Å². The maximum Gasteiger partial charge on any atom is 0.231 e. The number of ether oxygens (including phenoxy) is 4. The van der Waals surface area contributed by atoms with Crippen LogP contribution in [0.5, 0.6) is 23.0 Å². The Labute approximate surface area is 196 Å². The number of hydrogen-bond acceptors (Lipinski definition) is 5. The van der Waals surface area contributed by atoms with Crippen LogP contribution in [0.25, 0.3) is 11.8 Å². The SMILES string of the molecule is CCCOc1c(OC)ccc2c1C(C(Cl)(Cl)Cl)N1CCc3cc4c(cc3C1=C2)OCO4. The van der Waals surface area contributed by atoms with Crippen LogP contribution in [0.1, 0.15) is 41.6 Å². The summed E-state index contributed by atoms with van der Waals surface area (Å²) >= 11 is 19.8. The smallest absolute Gasteiger partial charge is 0.231 e. The van der Waals surface area contributed by atoms with Gasteiger partial charge in [-0.3, -0.25) is 0 Å². The van der Waals surface area contributed by atoms with E-state index in [1.807, 2.05) is 18.2 Å². The molecule has 8 heteroatoms. The summed E-state index contributed by atoms with van der Waals surface area (Å²) in [4.78, 5) is 2.15. The van der Waals surface area contributed by atoms with Gasteiger partial charge in [0, 0.05) is 23.4 Å². The van der Waals surface area contributed by atoms with E-state index < -0.39 is 9.83 Å². The molecule has 2 aromatic carbocycles. The van der Waals surface area contributed by atoms with Crippen molar-refractivity contribution in [2.24, 2.45) is 0 Å². The molecular formula is C23H22Cl3NO4. The summed E-state index contributed by atoms with van der Waals surface area (Å²) < 4.78 is 21.3. The van der Waals surface area contributed by atoms with E-state index in [0.717, 1.165) is 46.7 Å². The summed E-state index contributed by atoms with van der Waals surface area (Å²) in [5.74, 6) is 2.77. The average Bonchev–Trinajstić information content (AvgIpc) is 3.20. The zero-order valence-electron chi connectivity index (χ0n) is 17.2. The van der Waals surface area contributed by atoms with Gasteiger partial charge in [-0.05, 0) is 48.2 Å². The van der Waals surface area contributed by atoms with Crippen molar-refractivity contribution in [3.05, 3.63) is 46.5 Å². The first-order valence-corrected chi connectivity index (χ1v) is 11.4. The third-order valence-corrected chi connectivity index (χ3v) is 6.48. The highest BCUT2D eigenvalue weighted by Crippen LogP contribution is 2.56. The van der Waals surface area contributed by atoms with Gasteiger partial charge in [-0.1, -0.05) is 47.8 Å². The van der Waals surface area contributed by atoms with Crippen LogP contribution in [-0.2, 0) is 6.42 Å². The molecule has 5 rings (SSSR count). The van der Waals surface area contributed by atoms with Gasteiger partial charge in [-0.15, -0.1) is 0 Å². The monoisotopic (exact) mass is 481 g/mol. The van der Waals surface area contributed by atoms with Crippen LogP contribution in [0.15, 0.2) is 24.3 Å². The van der Waals surface area contributed by atoms with Gasteiger partial charge in [0.1, 0.15) is 6.04 Å². The normalized spacial score (nSPS) is 18.7. The molecule has 1 atom stereocenters. The third-order valence-electron chi connectivity index (χ3n) is 5.86. The molecule has 0 amide bonds. The molecule has 31 heavy (non-hydrogen) atoms. The van der Waals surface area contributed by atoms with Crippen molar-refractivity contribution in [3.8, 4) is 23.0 Å². The maximum atomic E-state index is 6.60. The minimum Gasteiger partial charge on any atom is -0.493 e. The number of halogens is 3. The molecule has 3 heterocycles. The van der Waals surface area contributed by atoms with E-state index in [1.54, 1.807) is 7.11 Å². The van der Waals surface area contributed by atoms with Gasteiger partial charge < -0.3 is 23.8 Å². The summed E-state index contributed by atoms with van der Waals surface area (Å²) in [6.07, 6.45) is 3.78. The Kier molecular flexibility index (Phi) is 5.32.